The van der Waals surface area contributed by atoms with Crippen LogP contribution in [0.1, 0.15) is 88.5 Å². The van der Waals surface area contributed by atoms with Crippen LogP contribution in [0.25, 0.3) is 21.8 Å². The van der Waals surface area contributed by atoms with Crippen LogP contribution in [0.3, 0.4) is 0 Å². The zero-order valence-electron chi connectivity index (χ0n) is 32.7. The summed E-state index contributed by atoms with van der Waals surface area (Å²) in [5, 5.41) is 45.1. The first-order valence-electron chi connectivity index (χ1n) is 20.7. The Bertz CT molecular complexity index is 2030. The third kappa shape index (κ3) is 10.5. The number of nitrogens with one attached hydrogen (secondary N) is 2. The van der Waals surface area contributed by atoms with Crippen molar-refractivity contribution >= 4 is 33.5 Å². The fraction of sp³-hybridized carbons (Fsp3) is 0.478. The molecule has 1 saturated carbocycles. The molecule has 0 spiro atoms. The number of piperidine rings is 1. The van der Waals surface area contributed by atoms with Gasteiger partial charge < -0.3 is 29.9 Å². The fourth-order valence-electron chi connectivity index (χ4n) is 8.91. The number of aliphatic hydroxyl groups excluding tert-OH is 3. The monoisotopic (exact) mass is 761 g/mol. The predicted octanol–water partition coefficient (Wildman–Crippen LogP) is 7.90. The molecule has 0 bridgehead atoms. The first kappa shape index (κ1) is 39.7. The number of carbonyl (C=O) groups excluding carboxylic acids is 1. The number of hydrogen-bond donors (Lipinski definition) is 5. The van der Waals surface area contributed by atoms with E-state index >= 15 is 0 Å². The van der Waals surface area contributed by atoms with E-state index in [0.717, 1.165) is 72.8 Å². The quantitative estimate of drug-likeness (QED) is 0.0346. The third-order valence-electron chi connectivity index (χ3n) is 12.0. The molecule has 1 saturated heterocycles. The molecule has 5 N–H and O–H groups in total. The average Bonchev–Trinajstić information content (AvgIpc) is 3.91. The van der Waals surface area contributed by atoms with E-state index in [1.807, 2.05) is 42.1 Å². The Balaban J connectivity index is 0.830. The summed E-state index contributed by atoms with van der Waals surface area (Å²) < 4.78 is 7.94. The Labute approximate surface area is 330 Å². The minimum atomic E-state index is -0.550. The van der Waals surface area contributed by atoms with Gasteiger partial charge in [-0.2, -0.15) is 5.10 Å². The number of hydrogen-bond acceptors (Lipinski definition) is 8. The number of likely N-dealkylation sites (tertiary alicyclic amines) is 1. The Kier molecular flexibility index (Phi) is 13.6. The minimum absolute atomic E-state index is 0.0338. The van der Waals surface area contributed by atoms with Gasteiger partial charge >= 0.3 is 5.97 Å². The van der Waals surface area contributed by atoms with Crippen LogP contribution in [0.4, 0.5) is 5.69 Å². The topological polar surface area (TPSA) is 136 Å². The van der Waals surface area contributed by atoms with Crippen molar-refractivity contribution in [3.8, 4) is 0 Å². The molecule has 1 aliphatic heterocycles. The van der Waals surface area contributed by atoms with E-state index in [0.29, 0.717) is 51.0 Å². The highest BCUT2D eigenvalue weighted by Crippen LogP contribution is 2.38. The van der Waals surface area contributed by atoms with Crippen LogP contribution in [0.15, 0.2) is 97.3 Å². The van der Waals surface area contributed by atoms with Crippen LogP contribution in [0, 0.1) is 11.8 Å². The van der Waals surface area contributed by atoms with Crippen molar-refractivity contribution < 1.29 is 24.9 Å². The summed E-state index contributed by atoms with van der Waals surface area (Å²) in [6.07, 6.45) is 14.0. The lowest BCUT2D eigenvalue weighted by atomic mass is 9.85. The van der Waals surface area contributed by atoms with Crippen molar-refractivity contribution in [2.24, 2.45) is 11.8 Å². The number of carbonyl (C=O) groups is 1. The number of benzene rings is 3. The second kappa shape index (κ2) is 19.1. The van der Waals surface area contributed by atoms with Crippen molar-refractivity contribution in [1.82, 2.24) is 19.7 Å². The normalized spacial score (nSPS) is 22.9. The molecule has 10 heteroatoms. The summed E-state index contributed by atoms with van der Waals surface area (Å²) in [5.41, 5.74) is 5.68. The van der Waals surface area contributed by atoms with Gasteiger partial charge in [0.25, 0.3) is 0 Å². The van der Waals surface area contributed by atoms with Gasteiger partial charge in [-0.15, -0.1) is 0 Å². The summed E-state index contributed by atoms with van der Waals surface area (Å²) >= 11 is 0. The van der Waals surface area contributed by atoms with E-state index in [2.05, 4.69) is 87.2 Å². The highest BCUT2D eigenvalue weighted by Gasteiger charge is 2.40. The third-order valence-corrected chi connectivity index (χ3v) is 12.0. The van der Waals surface area contributed by atoms with Gasteiger partial charge in [-0.25, -0.2) is 0 Å². The van der Waals surface area contributed by atoms with Gasteiger partial charge in [0.15, 0.2) is 6.23 Å². The first-order chi connectivity index (χ1) is 27.3. The number of aromatic amines is 1. The highest BCUT2D eigenvalue weighted by molar-refractivity contribution is 5.82. The SMILES string of the molecule is CC(OC(=O)CCCC=CCC1C(O)CC(O)C1CCC(O)CCc1ccccc1)n1ccc2ccc(CN3CCCC(Nc4ccc5[nH]ncc5c4)C3)cc21. The van der Waals surface area contributed by atoms with Crippen LogP contribution in [-0.2, 0) is 22.5 Å². The number of esters is 1. The first-order valence-corrected chi connectivity index (χ1v) is 20.7. The van der Waals surface area contributed by atoms with Crippen molar-refractivity contribution in [2.45, 2.75) is 115 Å². The molecule has 298 valence electrons. The zero-order chi connectivity index (χ0) is 38.9. The number of aliphatic hydroxyl groups is 3. The van der Waals surface area contributed by atoms with Gasteiger partial charge in [-0.1, -0.05) is 54.6 Å². The number of aryl methyl sites for hydroxylation is 1. The number of rotatable bonds is 18. The molecule has 10 nitrogen and oxygen atoms in total. The molecular formula is C46H59N5O5. The fourth-order valence-corrected chi connectivity index (χ4v) is 8.91. The van der Waals surface area contributed by atoms with Crippen molar-refractivity contribution in [2.75, 3.05) is 18.4 Å². The van der Waals surface area contributed by atoms with Gasteiger partial charge in [0, 0.05) is 42.8 Å². The van der Waals surface area contributed by atoms with Crippen LogP contribution in [0.5, 0.6) is 0 Å². The predicted molar refractivity (Wildman–Crippen MR) is 222 cm³/mol. The molecule has 0 radical (unpaired) electrons. The molecule has 2 aliphatic rings. The van der Waals surface area contributed by atoms with E-state index < -0.39 is 24.5 Å². The van der Waals surface area contributed by atoms with E-state index in [4.69, 9.17) is 4.74 Å². The standard InChI is InChI=1S/C46H59N5O5/c1-32(56-46(55)14-8-3-2-7-13-40-41(45(54)28-44(40)53)21-20-39(52)19-16-33-10-5-4-6-11-33)51-25-23-35-17-15-34(26-43(35)51)30-50-24-9-12-38(31-50)48-37-18-22-42-36(27-37)29-47-49-42/h2,4-7,10-11,15,17-18,22-23,25-27,29,32,38-41,44-45,48,52-54H,3,8-9,12-14,16,19-21,24,28,30-31H2,1H3,(H,47,49). The number of allylic oxidation sites excluding steroid dienone is 2. The number of unbranched alkanes of at least 4 members (excludes halogenated alkanes) is 1. The molecule has 1 aliphatic carbocycles. The van der Waals surface area contributed by atoms with Gasteiger partial charge in [-0.05, 0) is 136 Å². The van der Waals surface area contributed by atoms with Crippen LogP contribution in [0.2, 0.25) is 0 Å². The summed E-state index contributed by atoms with van der Waals surface area (Å²) in [6, 6.07) is 25.6. The summed E-state index contributed by atoms with van der Waals surface area (Å²) in [5.74, 6) is -0.288. The minimum Gasteiger partial charge on any atom is -0.441 e. The molecule has 5 aromatic rings. The summed E-state index contributed by atoms with van der Waals surface area (Å²) in [4.78, 5) is 15.4. The van der Waals surface area contributed by atoms with E-state index in [-0.39, 0.29) is 17.8 Å². The molecular weight excluding hydrogens is 703 g/mol. The number of nitrogens with zero attached hydrogens (tertiary/aromatic N) is 3. The molecule has 7 atom stereocenters. The van der Waals surface area contributed by atoms with Crippen molar-refractivity contribution in [3.63, 3.8) is 0 Å². The number of ether oxygens (including phenoxy) is 1. The highest BCUT2D eigenvalue weighted by atomic mass is 16.6. The van der Waals surface area contributed by atoms with E-state index in [1.165, 1.54) is 11.1 Å². The van der Waals surface area contributed by atoms with Gasteiger partial charge in [-0.3, -0.25) is 14.8 Å². The van der Waals surface area contributed by atoms with E-state index in [9.17, 15) is 20.1 Å². The lowest BCUT2D eigenvalue weighted by molar-refractivity contribution is -0.152. The van der Waals surface area contributed by atoms with Crippen LogP contribution >= 0.6 is 0 Å². The Morgan fingerprint density at radius 2 is 1.86 bits per heavy atom. The maximum Gasteiger partial charge on any atom is 0.307 e. The molecule has 7 unspecified atom stereocenters. The van der Waals surface area contributed by atoms with Gasteiger partial charge in [0.1, 0.15) is 0 Å². The molecule has 2 fully saturated rings. The van der Waals surface area contributed by atoms with Crippen LogP contribution in [-0.4, -0.2) is 78.4 Å². The lowest BCUT2D eigenvalue weighted by Gasteiger charge is -2.33. The summed E-state index contributed by atoms with van der Waals surface area (Å²) in [7, 11) is 0. The molecule has 2 aromatic heterocycles. The van der Waals surface area contributed by atoms with Crippen molar-refractivity contribution in [3.05, 3.63) is 108 Å². The molecule has 7 rings (SSSR count). The molecule has 0 amide bonds. The summed E-state index contributed by atoms with van der Waals surface area (Å²) in [6.45, 7) is 4.82. The maximum atomic E-state index is 12.9. The number of fused-ring (bicyclic) bond motifs is 2. The zero-order valence-corrected chi connectivity index (χ0v) is 32.7. The number of anilines is 1. The Hall–Kier alpha value is -4.48. The lowest BCUT2D eigenvalue weighted by Crippen LogP contribution is -2.41. The van der Waals surface area contributed by atoms with Crippen molar-refractivity contribution in [1.29, 1.82) is 0 Å². The maximum absolute atomic E-state index is 12.9. The smallest absolute Gasteiger partial charge is 0.307 e. The van der Waals surface area contributed by atoms with Gasteiger partial charge in [0.2, 0.25) is 0 Å². The van der Waals surface area contributed by atoms with E-state index in [1.54, 1.807) is 0 Å². The molecule has 56 heavy (non-hydrogen) atoms. The Morgan fingerprint density at radius 1 is 1.00 bits per heavy atom. The average molecular weight is 762 g/mol. The van der Waals surface area contributed by atoms with Crippen LogP contribution < -0.4 is 5.32 Å². The Morgan fingerprint density at radius 3 is 2.73 bits per heavy atom. The van der Waals surface area contributed by atoms with Gasteiger partial charge in [0.05, 0.1) is 35.5 Å². The number of aromatic nitrogens is 3. The molecule has 3 heterocycles. The number of H-pyrrole nitrogens is 1. The largest absolute Gasteiger partial charge is 0.441 e. The molecule has 3 aromatic carbocycles. The second-order valence-electron chi connectivity index (χ2n) is 16.1. The second-order valence-corrected chi connectivity index (χ2v) is 16.1.